The van der Waals surface area contributed by atoms with Crippen molar-refractivity contribution in [1.29, 1.82) is 0 Å². The normalized spacial score (nSPS) is 12.7. The molecule has 0 spiro atoms. The third-order valence-corrected chi connectivity index (χ3v) is 4.38. The predicted molar refractivity (Wildman–Crippen MR) is 88.8 cm³/mol. The maximum atomic E-state index is 11.0. The van der Waals surface area contributed by atoms with Gasteiger partial charge in [0.2, 0.25) is 0 Å². The molecule has 1 aromatic heterocycles. The maximum absolute atomic E-state index is 11.0. The van der Waals surface area contributed by atoms with Gasteiger partial charge in [0.1, 0.15) is 6.26 Å². The highest BCUT2D eigenvalue weighted by atomic mass is 16.4. The van der Waals surface area contributed by atoms with Crippen LogP contribution in [0.15, 0.2) is 15.5 Å². The van der Waals surface area contributed by atoms with Gasteiger partial charge in [-0.25, -0.2) is 4.79 Å². The molecule has 122 valence electrons. The second-order valence-electron chi connectivity index (χ2n) is 6.18. The molecule has 1 aromatic rings. The van der Waals surface area contributed by atoms with E-state index in [1.807, 2.05) is 0 Å². The Morgan fingerprint density at radius 1 is 0.952 bits per heavy atom. The van der Waals surface area contributed by atoms with Crippen LogP contribution in [0.5, 0.6) is 0 Å². The summed E-state index contributed by atoms with van der Waals surface area (Å²) in [6.45, 7) is 4.44. The molecular weight excluding hydrogens is 262 g/mol. The Morgan fingerprint density at radius 2 is 1.52 bits per heavy atom. The average molecular weight is 295 g/mol. The fourth-order valence-electron chi connectivity index (χ4n) is 2.95. The zero-order valence-electron chi connectivity index (χ0n) is 14.0. The molecule has 1 N–H and O–H groups in total. The molecule has 0 amide bonds. The van der Waals surface area contributed by atoms with Gasteiger partial charge in [-0.15, -0.1) is 0 Å². The van der Waals surface area contributed by atoms with Crippen molar-refractivity contribution in [2.75, 3.05) is 0 Å². The molecule has 1 atom stereocenters. The molecule has 0 aliphatic heterocycles. The summed E-state index contributed by atoms with van der Waals surface area (Å²) in [6.07, 6.45) is 17.5. The van der Waals surface area contributed by atoms with Gasteiger partial charge in [-0.2, -0.15) is 0 Å². The molecule has 1 unspecified atom stereocenters. The number of aromatic nitrogens is 1. The van der Waals surface area contributed by atoms with Gasteiger partial charge in [0, 0.05) is 5.92 Å². The minimum atomic E-state index is -0.327. The van der Waals surface area contributed by atoms with E-state index >= 15 is 0 Å². The average Bonchev–Trinajstić information content (AvgIpc) is 2.91. The van der Waals surface area contributed by atoms with Crippen LogP contribution in [-0.4, -0.2) is 4.98 Å². The van der Waals surface area contributed by atoms with Gasteiger partial charge in [-0.05, 0) is 12.8 Å². The summed E-state index contributed by atoms with van der Waals surface area (Å²) in [6, 6.07) is 0. The van der Waals surface area contributed by atoms with Crippen LogP contribution in [-0.2, 0) is 0 Å². The van der Waals surface area contributed by atoms with Gasteiger partial charge in [0.05, 0.1) is 5.69 Å². The first-order chi connectivity index (χ1) is 10.3. The first kappa shape index (κ1) is 18.1. The fraction of sp³-hybridized carbons (Fsp3) is 0.833. The van der Waals surface area contributed by atoms with Gasteiger partial charge >= 0.3 is 5.76 Å². The second-order valence-corrected chi connectivity index (χ2v) is 6.18. The van der Waals surface area contributed by atoms with E-state index in [-0.39, 0.29) is 5.76 Å². The minimum absolute atomic E-state index is 0.327. The van der Waals surface area contributed by atoms with Gasteiger partial charge in [0.25, 0.3) is 0 Å². The van der Waals surface area contributed by atoms with E-state index < -0.39 is 0 Å². The molecule has 0 aliphatic carbocycles. The number of aromatic amines is 1. The van der Waals surface area contributed by atoms with Crippen molar-refractivity contribution in [2.45, 2.75) is 96.8 Å². The highest BCUT2D eigenvalue weighted by Gasteiger charge is 2.11. The summed E-state index contributed by atoms with van der Waals surface area (Å²) in [5, 5.41) is 0. The van der Waals surface area contributed by atoms with Crippen LogP contribution in [0, 0.1) is 0 Å². The number of oxazole rings is 1. The monoisotopic (exact) mass is 295 g/mol. The highest BCUT2D eigenvalue weighted by molar-refractivity contribution is 5.00. The number of unbranched alkanes of at least 4 members (excludes halogenated alkanes) is 9. The van der Waals surface area contributed by atoms with E-state index in [2.05, 4.69) is 18.8 Å². The summed E-state index contributed by atoms with van der Waals surface area (Å²) in [4.78, 5) is 13.8. The van der Waals surface area contributed by atoms with Crippen LogP contribution in [0.3, 0.4) is 0 Å². The summed E-state index contributed by atoms with van der Waals surface area (Å²) >= 11 is 0. The van der Waals surface area contributed by atoms with E-state index in [4.69, 9.17) is 4.42 Å². The summed E-state index contributed by atoms with van der Waals surface area (Å²) < 4.78 is 4.84. The second kappa shape index (κ2) is 11.6. The van der Waals surface area contributed by atoms with Crippen molar-refractivity contribution in [3.05, 3.63) is 22.5 Å². The molecule has 0 bridgehead atoms. The van der Waals surface area contributed by atoms with Crippen LogP contribution in [0.4, 0.5) is 0 Å². The van der Waals surface area contributed by atoms with Gasteiger partial charge in [-0.3, -0.25) is 4.98 Å². The lowest BCUT2D eigenvalue weighted by Gasteiger charge is -2.11. The Kier molecular flexibility index (Phi) is 10.0. The lowest BCUT2D eigenvalue weighted by molar-refractivity contribution is 0.502. The van der Waals surface area contributed by atoms with E-state index in [1.165, 1.54) is 64.2 Å². The van der Waals surface area contributed by atoms with Crippen LogP contribution in [0.2, 0.25) is 0 Å². The van der Waals surface area contributed by atoms with Crippen molar-refractivity contribution < 1.29 is 4.42 Å². The van der Waals surface area contributed by atoms with Crippen LogP contribution in [0.1, 0.15) is 103 Å². The van der Waals surface area contributed by atoms with Crippen molar-refractivity contribution in [1.82, 2.24) is 4.98 Å². The van der Waals surface area contributed by atoms with E-state index in [0.717, 1.165) is 18.5 Å². The van der Waals surface area contributed by atoms with Crippen molar-refractivity contribution >= 4 is 0 Å². The molecule has 3 nitrogen and oxygen atoms in total. The molecule has 0 saturated heterocycles. The number of hydrogen-bond acceptors (Lipinski definition) is 2. The van der Waals surface area contributed by atoms with Crippen molar-refractivity contribution in [3.63, 3.8) is 0 Å². The van der Waals surface area contributed by atoms with Gasteiger partial charge < -0.3 is 4.42 Å². The summed E-state index contributed by atoms with van der Waals surface area (Å²) in [5.74, 6) is 0.122. The number of nitrogens with one attached hydrogen (secondary N) is 1. The highest BCUT2D eigenvalue weighted by Crippen LogP contribution is 2.24. The molecule has 1 rings (SSSR count). The lowest BCUT2D eigenvalue weighted by Crippen LogP contribution is -2.02. The Labute approximate surface area is 129 Å². The topological polar surface area (TPSA) is 46.0 Å². The number of hydrogen-bond donors (Lipinski definition) is 1. The van der Waals surface area contributed by atoms with E-state index in [9.17, 15) is 4.79 Å². The quantitative estimate of drug-likeness (QED) is 0.469. The summed E-state index contributed by atoms with van der Waals surface area (Å²) in [5.41, 5.74) is 0.971. The number of rotatable bonds is 13. The molecule has 0 aromatic carbocycles. The largest absolute Gasteiger partial charge is 0.416 e. The Balaban J connectivity index is 1.99. The minimum Gasteiger partial charge on any atom is -0.416 e. The molecular formula is C18H33NO2. The zero-order valence-corrected chi connectivity index (χ0v) is 14.0. The molecule has 21 heavy (non-hydrogen) atoms. The van der Waals surface area contributed by atoms with Crippen LogP contribution in [0.25, 0.3) is 0 Å². The molecule has 0 radical (unpaired) electrons. The third-order valence-electron chi connectivity index (χ3n) is 4.38. The van der Waals surface area contributed by atoms with Crippen LogP contribution < -0.4 is 5.76 Å². The van der Waals surface area contributed by atoms with Crippen molar-refractivity contribution in [3.8, 4) is 0 Å². The Hall–Kier alpha value is -0.990. The fourth-order valence-corrected chi connectivity index (χ4v) is 2.95. The predicted octanol–water partition coefficient (Wildman–Crippen LogP) is 5.77. The van der Waals surface area contributed by atoms with Crippen molar-refractivity contribution in [2.24, 2.45) is 0 Å². The maximum Gasteiger partial charge on any atom is 0.416 e. The smallest absolute Gasteiger partial charge is 0.416 e. The first-order valence-electron chi connectivity index (χ1n) is 8.95. The standard InChI is InChI=1S/C18H33NO2/c1-3-5-6-7-8-9-10-11-12-13-14-16(4-2)17-15-21-18(20)19-17/h15-16H,3-14H2,1-2H3,(H,19,20). The Bertz CT molecular complexity index is 394. The SMILES string of the molecule is CCCCCCCCCCCCC(CC)c1coc(=O)[nH]1. The van der Waals surface area contributed by atoms with Gasteiger partial charge in [-0.1, -0.05) is 78.1 Å². The van der Waals surface area contributed by atoms with E-state index in [1.54, 1.807) is 6.26 Å². The molecule has 0 fully saturated rings. The van der Waals surface area contributed by atoms with E-state index in [0.29, 0.717) is 5.92 Å². The summed E-state index contributed by atoms with van der Waals surface area (Å²) in [7, 11) is 0. The molecule has 0 aliphatic rings. The number of H-pyrrole nitrogens is 1. The molecule has 1 heterocycles. The first-order valence-corrected chi connectivity index (χ1v) is 8.95. The van der Waals surface area contributed by atoms with Gasteiger partial charge in [0.15, 0.2) is 0 Å². The Morgan fingerprint density at radius 3 is 2.00 bits per heavy atom. The van der Waals surface area contributed by atoms with Crippen LogP contribution >= 0.6 is 0 Å². The molecule has 3 heteroatoms. The lowest BCUT2D eigenvalue weighted by atomic mass is 9.95. The zero-order chi connectivity index (χ0) is 15.3. The third kappa shape index (κ3) is 8.13. The molecule has 0 saturated carbocycles.